The summed E-state index contributed by atoms with van der Waals surface area (Å²) in [5, 5.41) is 11.6. The maximum atomic E-state index is 12.3. The number of ether oxygens (including phenoxy) is 1. The first-order valence-electron chi connectivity index (χ1n) is 7.75. The van der Waals surface area contributed by atoms with Crippen LogP contribution in [0.25, 0.3) is 0 Å². The van der Waals surface area contributed by atoms with Crippen molar-refractivity contribution in [2.75, 3.05) is 18.5 Å². The lowest BCUT2D eigenvalue weighted by atomic mass is 9.87. The Labute approximate surface area is 130 Å². The third-order valence-electron chi connectivity index (χ3n) is 4.24. The van der Waals surface area contributed by atoms with Crippen LogP contribution in [0.15, 0.2) is 24.3 Å². The second-order valence-electron chi connectivity index (χ2n) is 5.82. The van der Waals surface area contributed by atoms with Crippen molar-refractivity contribution in [3.8, 4) is 0 Å². The van der Waals surface area contributed by atoms with Gasteiger partial charge in [0.05, 0.1) is 0 Å². The number of hydrogen-bond acceptors (Lipinski definition) is 3. The summed E-state index contributed by atoms with van der Waals surface area (Å²) in [4.78, 5) is 22.8. The highest BCUT2D eigenvalue weighted by atomic mass is 16.5. The lowest BCUT2D eigenvalue weighted by Gasteiger charge is -2.26. The maximum absolute atomic E-state index is 12.3. The van der Waals surface area contributed by atoms with Crippen molar-refractivity contribution in [2.45, 2.75) is 32.6 Å². The molecule has 1 fully saturated rings. The zero-order valence-corrected chi connectivity index (χ0v) is 12.9. The maximum Gasteiger partial charge on any atom is 0.303 e. The Morgan fingerprint density at radius 3 is 2.50 bits per heavy atom. The summed E-state index contributed by atoms with van der Waals surface area (Å²) in [7, 11) is 0. The van der Waals surface area contributed by atoms with Crippen molar-refractivity contribution in [1.29, 1.82) is 0 Å². The van der Waals surface area contributed by atoms with Crippen molar-refractivity contribution in [3.05, 3.63) is 29.8 Å². The van der Waals surface area contributed by atoms with Crippen LogP contribution >= 0.6 is 0 Å². The lowest BCUT2D eigenvalue weighted by molar-refractivity contribution is -0.137. The number of rotatable bonds is 6. The summed E-state index contributed by atoms with van der Waals surface area (Å²) in [6, 6.07) is 7.37. The first kappa shape index (κ1) is 16.5. The summed E-state index contributed by atoms with van der Waals surface area (Å²) >= 11 is 0. The topological polar surface area (TPSA) is 75.6 Å². The number of carboxylic acid groups (broad SMARTS) is 1. The molecule has 0 bridgehead atoms. The molecule has 0 radical (unpaired) electrons. The molecule has 0 spiro atoms. The summed E-state index contributed by atoms with van der Waals surface area (Å²) in [6.07, 6.45) is 2.49. The number of nitrogens with one attached hydrogen (secondary N) is 1. The molecular formula is C17H23NO4. The number of carbonyl (C=O) groups is 2. The fourth-order valence-electron chi connectivity index (χ4n) is 2.69. The highest BCUT2D eigenvalue weighted by Crippen LogP contribution is 2.24. The van der Waals surface area contributed by atoms with Gasteiger partial charge >= 0.3 is 5.97 Å². The predicted octanol–water partition coefficient (Wildman–Crippen LogP) is 2.71. The van der Waals surface area contributed by atoms with Crippen LogP contribution in [0, 0.1) is 11.8 Å². The van der Waals surface area contributed by atoms with E-state index in [2.05, 4.69) is 5.32 Å². The third kappa shape index (κ3) is 4.84. The van der Waals surface area contributed by atoms with Crippen molar-refractivity contribution in [1.82, 2.24) is 0 Å². The minimum atomic E-state index is -0.803. The van der Waals surface area contributed by atoms with Crippen LogP contribution in [0.4, 0.5) is 5.69 Å². The van der Waals surface area contributed by atoms with Crippen molar-refractivity contribution in [3.63, 3.8) is 0 Å². The van der Waals surface area contributed by atoms with Crippen LogP contribution in [-0.2, 0) is 20.7 Å². The summed E-state index contributed by atoms with van der Waals surface area (Å²) in [6.45, 7) is 3.44. The first-order valence-corrected chi connectivity index (χ1v) is 7.75. The van der Waals surface area contributed by atoms with Gasteiger partial charge in [-0.3, -0.25) is 9.59 Å². The Kier molecular flexibility index (Phi) is 5.95. The van der Waals surface area contributed by atoms with Gasteiger partial charge in [0.25, 0.3) is 0 Å². The monoisotopic (exact) mass is 305 g/mol. The minimum absolute atomic E-state index is 0.0319. The SMILES string of the molecule is CC(C(=O)Nc1ccc(CCC(=O)O)cc1)C1CCOCC1. The number of carboxylic acids is 1. The molecule has 5 heteroatoms. The van der Waals surface area contributed by atoms with E-state index in [0.29, 0.717) is 12.3 Å². The Hall–Kier alpha value is -1.88. The van der Waals surface area contributed by atoms with Gasteiger partial charge in [-0.1, -0.05) is 19.1 Å². The molecule has 1 aromatic carbocycles. The number of benzene rings is 1. The van der Waals surface area contributed by atoms with E-state index < -0.39 is 5.97 Å². The van der Waals surface area contributed by atoms with E-state index in [4.69, 9.17) is 9.84 Å². The van der Waals surface area contributed by atoms with Gasteiger partial charge in [0.2, 0.25) is 5.91 Å². The molecular weight excluding hydrogens is 282 g/mol. The van der Waals surface area contributed by atoms with Crippen LogP contribution in [0.3, 0.4) is 0 Å². The normalized spacial score (nSPS) is 17.0. The Bertz CT molecular complexity index is 506. The summed E-state index contributed by atoms with van der Waals surface area (Å²) in [5.41, 5.74) is 1.71. The molecule has 1 atom stereocenters. The molecule has 1 aromatic rings. The molecule has 0 saturated carbocycles. The Morgan fingerprint density at radius 2 is 1.91 bits per heavy atom. The zero-order valence-electron chi connectivity index (χ0n) is 12.9. The molecule has 0 aliphatic carbocycles. The highest BCUT2D eigenvalue weighted by molar-refractivity contribution is 5.92. The van der Waals surface area contributed by atoms with Gasteiger partial charge in [-0.15, -0.1) is 0 Å². The van der Waals surface area contributed by atoms with E-state index in [1.54, 1.807) is 0 Å². The van der Waals surface area contributed by atoms with Gasteiger partial charge in [-0.05, 0) is 42.9 Å². The van der Waals surface area contributed by atoms with E-state index in [0.717, 1.165) is 37.3 Å². The van der Waals surface area contributed by atoms with Gasteiger partial charge in [0.1, 0.15) is 0 Å². The van der Waals surface area contributed by atoms with E-state index in [1.165, 1.54) is 0 Å². The lowest BCUT2D eigenvalue weighted by Crippen LogP contribution is -2.30. The van der Waals surface area contributed by atoms with Crippen LogP contribution in [0.5, 0.6) is 0 Å². The van der Waals surface area contributed by atoms with Gasteiger partial charge in [-0.2, -0.15) is 0 Å². The second-order valence-corrected chi connectivity index (χ2v) is 5.82. The third-order valence-corrected chi connectivity index (χ3v) is 4.24. The molecule has 2 N–H and O–H groups in total. The number of anilines is 1. The van der Waals surface area contributed by atoms with Gasteiger partial charge in [0, 0.05) is 31.2 Å². The van der Waals surface area contributed by atoms with Gasteiger partial charge in [0.15, 0.2) is 0 Å². The van der Waals surface area contributed by atoms with E-state index in [-0.39, 0.29) is 18.2 Å². The molecule has 5 nitrogen and oxygen atoms in total. The smallest absolute Gasteiger partial charge is 0.303 e. The average molecular weight is 305 g/mol. The summed E-state index contributed by atoms with van der Waals surface area (Å²) in [5.74, 6) is -0.424. The number of carbonyl (C=O) groups excluding carboxylic acids is 1. The van der Waals surface area contributed by atoms with Gasteiger partial charge < -0.3 is 15.2 Å². The Balaban J connectivity index is 1.86. The summed E-state index contributed by atoms with van der Waals surface area (Å²) < 4.78 is 5.33. The highest BCUT2D eigenvalue weighted by Gasteiger charge is 2.25. The standard InChI is InChI=1S/C17H23NO4/c1-12(14-8-10-22-11-9-14)17(21)18-15-5-2-13(3-6-15)4-7-16(19)20/h2-3,5-6,12,14H,4,7-11H2,1H3,(H,18,21)(H,19,20). The van der Waals surface area contributed by atoms with Crippen molar-refractivity contribution < 1.29 is 19.4 Å². The number of hydrogen-bond donors (Lipinski definition) is 2. The van der Waals surface area contributed by atoms with Crippen LogP contribution in [0.2, 0.25) is 0 Å². The molecule has 1 aliphatic heterocycles. The molecule has 120 valence electrons. The van der Waals surface area contributed by atoms with Crippen LogP contribution in [0.1, 0.15) is 31.7 Å². The molecule has 22 heavy (non-hydrogen) atoms. The van der Waals surface area contributed by atoms with E-state index in [1.807, 2.05) is 31.2 Å². The largest absolute Gasteiger partial charge is 0.481 e. The second kappa shape index (κ2) is 7.94. The van der Waals surface area contributed by atoms with Crippen molar-refractivity contribution >= 4 is 17.6 Å². The zero-order chi connectivity index (χ0) is 15.9. The fraction of sp³-hybridized carbons (Fsp3) is 0.529. The molecule has 1 unspecified atom stereocenters. The number of aliphatic carboxylic acids is 1. The Morgan fingerprint density at radius 1 is 1.27 bits per heavy atom. The minimum Gasteiger partial charge on any atom is -0.481 e. The quantitative estimate of drug-likeness (QED) is 0.847. The van der Waals surface area contributed by atoms with Crippen molar-refractivity contribution in [2.24, 2.45) is 11.8 Å². The molecule has 2 rings (SSSR count). The average Bonchev–Trinajstić information content (AvgIpc) is 2.54. The molecule has 1 amide bonds. The number of amides is 1. The van der Waals surface area contributed by atoms with E-state index in [9.17, 15) is 9.59 Å². The van der Waals surface area contributed by atoms with Crippen LogP contribution in [-0.4, -0.2) is 30.2 Å². The number of aryl methyl sites for hydroxylation is 1. The first-order chi connectivity index (χ1) is 10.6. The molecule has 1 heterocycles. The fourth-order valence-corrected chi connectivity index (χ4v) is 2.69. The van der Waals surface area contributed by atoms with Crippen LogP contribution < -0.4 is 5.32 Å². The molecule has 0 aromatic heterocycles. The molecule has 1 aliphatic rings. The van der Waals surface area contributed by atoms with E-state index >= 15 is 0 Å². The molecule has 1 saturated heterocycles. The predicted molar refractivity (Wildman–Crippen MR) is 83.7 cm³/mol. The van der Waals surface area contributed by atoms with Gasteiger partial charge in [-0.25, -0.2) is 0 Å².